The zero-order chi connectivity index (χ0) is 21.3. The highest BCUT2D eigenvalue weighted by Crippen LogP contribution is 2.23. The number of rotatable bonds is 8. The maximum atomic E-state index is 12.5. The molecular weight excluding hydrogens is 376 g/mol. The summed E-state index contributed by atoms with van der Waals surface area (Å²) < 4.78 is 5.39. The molecule has 0 unspecified atom stereocenters. The minimum absolute atomic E-state index is 0.212. The van der Waals surface area contributed by atoms with E-state index in [1.165, 1.54) is 16.7 Å². The van der Waals surface area contributed by atoms with Gasteiger partial charge in [0, 0.05) is 39.6 Å². The number of fused-ring (bicyclic) bond motifs is 1. The van der Waals surface area contributed by atoms with Crippen LogP contribution in [0.25, 0.3) is 0 Å². The second-order valence-corrected chi connectivity index (χ2v) is 7.60. The molecule has 0 aliphatic carbocycles. The van der Waals surface area contributed by atoms with E-state index in [1.807, 2.05) is 24.0 Å². The summed E-state index contributed by atoms with van der Waals surface area (Å²) in [6.45, 7) is 4.99. The van der Waals surface area contributed by atoms with Gasteiger partial charge in [-0.1, -0.05) is 36.4 Å². The molecule has 1 aliphatic heterocycles. The number of ether oxygens (including phenoxy) is 1. The Morgan fingerprint density at radius 2 is 1.80 bits per heavy atom. The van der Waals surface area contributed by atoms with Crippen LogP contribution >= 0.6 is 0 Å². The first-order chi connectivity index (χ1) is 14.6. The minimum Gasteiger partial charge on any atom is -0.496 e. The van der Waals surface area contributed by atoms with Crippen LogP contribution in [-0.2, 0) is 24.3 Å². The Hall–Kier alpha value is -3.02. The summed E-state index contributed by atoms with van der Waals surface area (Å²) in [7, 11) is 3.46. The van der Waals surface area contributed by atoms with Crippen LogP contribution in [0.15, 0.2) is 47.5 Å². The van der Waals surface area contributed by atoms with Crippen molar-refractivity contribution >= 4 is 11.9 Å². The van der Waals surface area contributed by atoms with Gasteiger partial charge in [-0.3, -0.25) is 9.79 Å². The van der Waals surface area contributed by atoms with Crippen LogP contribution in [0.3, 0.4) is 0 Å². The molecule has 0 fully saturated rings. The van der Waals surface area contributed by atoms with Crippen LogP contribution in [0.5, 0.6) is 5.75 Å². The van der Waals surface area contributed by atoms with Gasteiger partial charge in [0.05, 0.1) is 7.11 Å². The van der Waals surface area contributed by atoms with Crippen molar-refractivity contribution < 1.29 is 9.53 Å². The molecule has 0 atom stereocenters. The molecule has 160 valence electrons. The van der Waals surface area contributed by atoms with Crippen LogP contribution < -0.4 is 15.4 Å². The van der Waals surface area contributed by atoms with Gasteiger partial charge in [-0.2, -0.15) is 0 Å². The Bertz CT molecular complexity index is 870. The number of carbonyl (C=O) groups excluding carboxylic acids is 1. The van der Waals surface area contributed by atoms with Crippen molar-refractivity contribution in [3.05, 3.63) is 64.7 Å². The average molecular weight is 409 g/mol. The van der Waals surface area contributed by atoms with E-state index in [1.54, 1.807) is 14.2 Å². The number of nitrogens with zero attached hydrogens (tertiary/aromatic N) is 2. The van der Waals surface area contributed by atoms with Gasteiger partial charge in [0.15, 0.2) is 5.96 Å². The second kappa shape index (κ2) is 10.7. The van der Waals surface area contributed by atoms with E-state index in [0.29, 0.717) is 13.0 Å². The summed E-state index contributed by atoms with van der Waals surface area (Å²) in [5.74, 6) is 1.89. The summed E-state index contributed by atoms with van der Waals surface area (Å²) in [5, 5.41) is 6.62. The molecule has 1 heterocycles. The van der Waals surface area contributed by atoms with Crippen LogP contribution in [0, 0.1) is 6.92 Å². The van der Waals surface area contributed by atoms with Crippen molar-refractivity contribution in [2.24, 2.45) is 4.99 Å². The van der Waals surface area contributed by atoms with Gasteiger partial charge in [-0.25, -0.2) is 0 Å². The molecule has 3 rings (SSSR count). The lowest BCUT2D eigenvalue weighted by atomic mass is 10.1. The van der Waals surface area contributed by atoms with E-state index in [2.05, 4.69) is 46.0 Å². The number of amides is 1. The third kappa shape index (κ3) is 5.75. The molecule has 1 amide bonds. The molecule has 0 saturated heterocycles. The number of aliphatic imine (C=N–C) groups is 1. The monoisotopic (exact) mass is 408 g/mol. The molecule has 0 radical (unpaired) electrons. The van der Waals surface area contributed by atoms with E-state index >= 15 is 0 Å². The fourth-order valence-corrected chi connectivity index (χ4v) is 3.68. The number of carbonyl (C=O) groups is 1. The predicted octanol–water partition coefficient (Wildman–Crippen LogP) is 3.03. The SMILES string of the molecule is CN=C(NCCCC(=O)N1Cc2ccccc2C1)NCCc1ccc(C)c(OC)c1. The topological polar surface area (TPSA) is 66.0 Å². The summed E-state index contributed by atoms with van der Waals surface area (Å²) >= 11 is 0. The Morgan fingerprint density at radius 1 is 1.10 bits per heavy atom. The fourth-order valence-electron chi connectivity index (χ4n) is 3.68. The maximum Gasteiger partial charge on any atom is 0.223 e. The molecule has 1 aliphatic rings. The van der Waals surface area contributed by atoms with Gasteiger partial charge in [0.25, 0.3) is 0 Å². The zero-order valence-electron chi connectivity index (χ0n) is 18.2. The van der Waals surface area contributed by atoms with Gasteiger partial charge >= 0.3 is 0 Å². The standard InChI is InChI=1S/C24H32N4O2/c1-18-10-11-19(15-22(18)30-3)12-14-27-24(25-2)26-13-6-9-23(29)28-16-20-7-4-5-8-21(20)17-28/h4-5,7-8,10-11,15H,6,9,12-14,16-17H2,1-3H3,(H2,25,26,27). The van der Waals surface area contributed by atoms with Crippen molar-refractivity contribution in [1.82, 2.24) is 15.5 Å². The molecular formula is C24H32N4O2. The van der Waals surface area contributed by atoms with Crippen LogP contribution in [0.4, 0.5) is 0 Å². The maximum absolute atomic E-state index is 12.5. The number of guanidine groups is 1. The van der Waals surface area contributed by atoms with E-state index in [4.69, 9.17) is 4.74 Å². The first-order valence-corrected chi connectivity index (χ1v) is 10.5. The smallest absolute Gasteiger partial charge is 0.223 e. The minimum atomic E-state index is 0.212. The molecule has 0 bridgehead atoms. The van der Waals surface area contributed by atoms with Crippen molar-refractivity contribution in [2.75, 3.05) is 27.2 Å². The summed E-state index contributed by atoms with van der Waals surface area (Å²) in [6, 6.07) is 14.6. The first-order valence-electron chi connectivity index (χ1n) is 10.5. The third-order valence-corrected chi connectivity index (χ3v) is 5.46. The Balaban J connectivity index is 1.33. The first kappa shape index (κ1) is 21.7. The molecule has 0 spiro atoms. The summed E-state index contributed by atoms with van der Waals surface area (Å²) in [6.07, 6.45) is 2.20. The lowest BCUT2D eigenvalue weighted by Gasteiger charge is -2.16. The van der Waals surface area contributed by atoms with Gasteiger partial charge in [0.1, 0.15) is 5.75 Å². The van der Waals surface area contributed by atoms with Crippen molar-refractivity contribution in [2.45, 2.75) is 39.3 Å². The Morgan fingerprint density at radius 3 is 2.47 bits per heavy atom. The number of hydrogen-bond donors (Lipinski definition) is 2. The average Bonchev–Trinajstić information content (AvgIpc) is 3.20. The number of hydrogen-bond acceptors (Lipinski definition) is 3. The van der Waals surface area contributed by atoms with Gasteiger partial charge < -0.3 is 20.3 Å². The van der Waals surface area contributed by atoms with E-state index in [0.717, 1.165) is 49.7 Å². The normalized spacial score (nSPS) is 13.2. The molecule has 2 aromatic rings. The van der Waals surface area contributed by atoms with Crippen LogP contribution in [0.1, 0.15) is 35.1 Å². The van der Waals surface area contributed by atoms with Gasteiger partial charge in [0.2, 0.25) is 5.91 Å². The van der Waals surface area contributed by atoms with E-state index < -0.39 is 0 Å². The summed E-state index contributed by atoms with van der Waals surface area (Å²) in [5.41, 5.74) is 4.89. The third-order valence-electron chi connectivity index (χ3n) is 5.46. The van der Waals surface area contributed by atoms with Crippen LogP contribution in [-0.4, -0.2) is 44.0 Å². The fraction of sp³-hybridized carbons (Fsp3) is 0.417. The lowest BCUT2D eigenvalue weighted by molar-refractivity contribution is -0.131. The van der Waals surface area contributed by atoms with E-state index in [9.17, 15) is 4.79 Å². The molecule has 6 heteroatoms. The number of methoxy groups -OCH3 is 1. The van der Waals surface area contributed by atoms with Crippen molar-refractivity contribution in [1.29, 1.82) is 0 Å². The number of aryl methyl sites for hydroxylation is 1. The highest BCUT2D eigenvalue weighted by Gasteiger charge is 2.22. The van der Waals surface area contributed by atoms with Gasteiger partial charge in [-0.05, 0) is 48.1 Å². The molecule has 6 nitrogen and oxygen atoms in total. The number of benzene rings is 2. The second-order valence-electron chi connectivity index (χ2n) is 7.60. The predicted molar refractivity (Wildman–Crippen MR) is 121 cm³/mol. The van der Waals surface area contributed by atoms with E-state index in [-0.39, 0.29) is 5.91 Å². The van der Waals surface area contributed by atoms with Crippen molar-refractivity contribution in [3.8, 4) is 5.75 Å². The zero-order valence-corrected chi connectivity index (χ0v) is 18.2. The molecule has 0 saturated carbocycles. The summed E-state index contributed by atoms with van der Waals surface area (Å²) in [4.78, 5) is 18.7. The van der Waals surface area contributed by atoms with Gasteiger partial charge in [-0.15, -0.1) is 0 Å². The molecule has 0 aromatic heterocycles. The highest BCUT2D eigenvalue weighted by molar-refractivity contribution is 5.80. The molecule has 2 N–H and O–H groups in total. The lowest BCUT2D eigenvalue weighted by Crippen LogP contribution is -2.39. The largest absolute Gasteiger partial charge is 0.496 e. The highest BCUT2D eigenvalue weighted by atomic mass is 16.5. The Kier molecular flexibility index (Phi) is 7.71. The molecule has 2 aromatic carbocycles. The Labute approximate surface area is 179 Å². The van der Waals surface area contributed by atoms with Crippen LogP contribution in [0.2, 0.25) is 0 Å². The number of nitrogens with one attached hydrogen (secondary N) is 2. The van der Waals surface area contributed by atoms with Crippen molar-refractivity contribution in [3.63, 3.8) is 0 Å². The molecule has 30 heavy (non-hydrogen) atoms. The quantitative estimate of drug-likeness (QED) is 0.400.